The summed E-state index contributed by atoms with van der Waals surface area (Å²) < 4.78 is 10.9. The van der Waals surface area contributed by atoms with Crippen LogP contribution in [0.5, 0.6) is 5.75 Å². The van der Waals surface area contributed by atoms with Crippen LogP contribution in [0.15, 0.2) is 12.1 Å². The van der Waals surface area contributed by atoms with Crippen molar-refractivity contribution in [2.75, 3.05) is 19.7 Å². The van der Waals surface area contributed by atoms with Gasteiger partial charge in [0.05, 0.1) is 12.5 Å². The molecule has 1 fully saturated rings. The van der Waals surface area contributed by atoms with Crippen molar-refractivity contribution in [1.29, 1.82) is 0 Å². The molecule has 1 aliphatic heterocycles. The topological polar surface area (TPSA) is 84.9 Å². The Bertz CT molecular complexity index is 729. The second-order valence-corrected chi connectivity index (χ2v) is 7.34. The van der Waals surface area contributed by atoms with E-state index in [1.807, 2.05) is 20.8 Å². The van der Waals surface area contributed by atoms with Gasteiger partial charge in [0.1, 0.15) is 11.8 Å². The number of esters is 1. The number of benzene rings is 1. The van der Waals surface area contributed by atoms with E-state index in [-0.39, 0.29) is 30.9 Å². The van der Waals surface area contributed by atoms with Crippen molar-refractivity contribution < 1.29 is 23.9 Å². The molecule has 28 heavy (non-hydrogen) atoms. The Kier molecular flexibility index (Phi) is 7.69. The van der Waals surface area contributed by atoms with E-state index in [0.29, 0.717) is 30.3 Å². The molecule has 2 rings (SSSR count). The zero-order valence-corrected chi connectivity index (χ0v) is 17.5. The quantitative estimate of drug-likeness (QED) is 0.697. The zero-order valence-electron chi connectivity index (χ0n) is 16.7. The van der Waals surface area contributed by atoms with Crippen LogP contribution in [0, 0.1) is 13.8 Å². The standard InChI is InChI=1S/C20H27ClN2O5/c1-5-14(4)28-18(25)10-16-20(26)22-6-7-23(16)17(24)11-27-15-8-12(2)19(21)13(3)9-15/h8-9,14,16H,5-7,10-11H2,1-4H3,(H,22,26). The molecule has 1 aromatic rings. The molecule has 1 saturated heterocycles. The molecule has 154 valence electrons. The second-order valence-electron chi connectivity index (χ2n) is 6.97. The monoisotopic (exact) mass is 410 g/mol. The van der Waals surface area contributed by atoms with Gasteiger partial charge in [-0.3, -0.25) is 14.4 Å². The van der Waals surface area contributed by atoms with Crippen molar-refractivity contribution in [2.24, 2.45) is 0 Å². The van der Waals surface area contributed by atoms with Crippen LogP contribution in [-0.2, 0) is 19.1 Å². The molecular weight excluding hydrogens is 384 g/mol. The first-order valence-electron chi connectivity index (χ1n) is 9.39. The third-order valence-electron chi connectivity index (χ3n) is 4.69. The molecule has 0 saturated carbocycles. The minimum absolute atomic E-state index is 0.179. The number of hydrogen-bond acceptors (Lipinski definition) is 5. The molecule has 1 N–H and O–H groups in total. The van der Waals surface area contributed by atoms with Crippen LogP contribution < -0.4 is 10.1 Å². The van der Waals surface area contributed by atoms with Crippen LogP contribution in [0.4, 0.5) is 0 Å². The number of aryl methyl sites for hydroxylation is 2. The van der Waals surface area contributed by atoms with E-state index >= 15 is 0 Å². The predicted molar refractivity (Wildman–Crippen MR) is 105 cm³/mol. The van der Waals surface area contributed by atoms with Gasteiger partial charge in [-0.2, -0.15) is 0 Å². The summed E-state index contributed by atoms with van der Waals surface area (Å²) in [6, 6.07) is 2.62. The maximum atomic E-state index is 12.7. The summed E-state index contributed by atoms with van der Waals surface area (Å²) in [6.07, 6.45) is 0.267. The average Bonchev–Trinajstić information content (AvgIpc) is 2.65. The number of rotatable bonds is 7. The smallest absolute Gasteiger partial charge is 0.308 e. The fourth-order valence-electron chi connectivity index (χ4n) is 2.95. The van der Waals surface area contributed by atoms with Gasteiger partial charge in [0.15, 0.2) is 6.61 Å². The Hall–Kier alpha value is -2.28. The molecule has 1 heterocycles. The Morgan fingerprint density at radius 3 is 2.57 bits per heavy atom. The first-order chi connectivity index (χ1) is 13.2. The van der Waals surface area contributed by atoms with Crippen molar-refractivity contribution in [1.82, 2.24) is 10.2 Å². The van der Waals surface area contributed by atoms with Crippen molar-refractivity contribution in [3.63, 3.8) is 0 Å². The normalized spacial score (nSPS) is 17.7. The highest BCUT2D eigenvalue weighted by molar-refractivity contribution is 6.32. The van der Waals surface area contributed by atoms with E-state index in [0.717, 1.165) is 11.1 Å². The Morgan fingerprint density at radius 2 is 1.96 bits per heavy atom. The molecule has 8 heteroatoms. The first-order valence-corrected chi connectivity index (χ1v) is 9.76. The molecule has 0 spiro atoms. The lowest BCUT2D eigenvalue weighted by Gasteiger charge is -2.34. The van der Waals surface area contributed by atoms with Crippen LogP contribution >= 0.6 is 11.6 Å². The summed E-state index contributed by atoms with van der Waals surface area (Å²) >= 11 is 6.15. The number of ether oxygens (including phenoxy) is 2. The predicted octanol–water partition coefficient (Wildman–Crippen LogP) is 2.39. The summed E-state index contributed by atoms with van der Waals surface area (Å²) in [5, 5.41) is 3.35. The molecule has 0 bridgehead atoms. The minimum atomic E-state index is -0.893. The van der Waals surface area contributed by atoms with Crippen molar-refractivity contribution in [3.05, 3.63) is 28.3 Å². The Balaban J connectivity index is 2.02. The van der Waals surface area contributed by atoms with Gasteiger partial charge in [0.25, 0.3) is 5.91 Å². The summed E-state index contributed by atoms with van der Waals surface area (Å²) in [4.78, 5) is 38.4. The second kappa shape index (κ2) is 9.78. The first kappa shape index (κ1) is 22.0. The van der Waals surface area contributed by atoms with Crippen molar-refractivity contribution in [2.45, 2.75) is 52.7 Å². The Morgan fingerprint density at radius 1 is 1.32 bits per heavy atom. The van der Waals surface area contributed by atoms with Gasteiger partial charge in [0, 0.05) is 18.1 Å². The van der Waals surface area contributed by atoms with Crippen LogP contribution in [0.1, 0.15) is 37.8 Å². The molecule has 1 aromatic carbocycles. The van der Waals surface area contributed by atoms with Gasteiger partial charge >= 0.3 is 5.97 Å². The zero-order chi connectivity index (χ0) is 20.8. The Labute approximate surface area is 170 Å². The third-order valence-corrected chi connectivity index (χ3v) is 5.29. The number of carbonyl (C=O) groups is 3. The van der Waals surface area contributed by atoms with E-state index in [2.05, 4.69) is 5.32 Å². The fraction of sp³-hybridized carbons (Fsp3) is 0.550. The molecule has 2 unspecified atom stereocenters. The van der Waals surface area contributed by atoms with Crippen LogP contribution in [-0.4, -0.2) is 54.5 Å². The van der Waals surface area contributed by atoms with Gasteiger partial charge in [-0.25, -0.2) is 0 Å². The number of amides is 2. The van der Waals surface area contributed by atoms with Crippen molar-refractivity contribution in [3.8, 4) is 5.75 Å². The molecule has 2 atom stereocenters. The number of nitrogens with zero attached hydrogens (tertiary/aromatic N) is 1. The minimum Gasteiger partial charge on any atom is -0.484 e. The largest absolute Gasteiger partial charge is 0.484 e. The summed E-state index contributed by atoms with van der Waals surface area (Å²) in [7, 11) is 0. The highest BCUT2D eigenvalue weighted by atomic mass is 35.5. The summed E-state index contributed by atoms with van der Waals surface area (Å²) in [6.45, 7) is 7.82. The SMILES string of the molecule is CCC(C)OC(=O)CC1C(=O)NCCN1C(=O)COc1cc(C)c(Cl)c(C)c1. The number of piperazine rings is 1. The van der Waals surface area contributed by atoms with E-state index < -0.39 is 12.0 Å². The lowest BCUT2D eigenvalue weighted by molar-refractivity contribution is -0.155. The highest BCUT2D eigenvalue weighted by Crippen LogP contribution is 2.26. The number of nitrogens with one attached hydrogen (secondary N) is 1. The molecule has 0 aliphatic carbocycles. The summed E-state index contributed by atoms with van der Waals surface area (Å²) in [5.74, 6) is -0.693. The lowest BCUT2D eigenvalue weighted by Crippen LogP contribution is -2.58. The van der Waals surface area contributed by atoms with Gasteiger partial charge in [-0.1, -0.05) is 18.5 Å². The molecule has 1 aliphatic rings. The van der Waals surface area contributed by atoms with Crippen molar-refractivity contribution >= 4 is 29.4 Å². The molecular formula is C20H27ClN2O5. The molecule has 7 nitrogen and oxygen atoms in total. The van der Waals surface area contributed by atoms with Gasteiger partial charge < -0.3 is 19.7 Å². The third kappa shape index (κ3) is 5.61. The van der Waals surface area contributed by atoms with Gasteiger partial charge in [-0.15, -0.1) is 0 Å². The molecule has 2 amide bonds. The number of carbonyl (C=O) groups excluding carboxylic acids is 3. The molecule has 0 radical (unpaired) electrons. The average molecular weight is 411 g/mol. The van der Waals surface area contributed by atoms with Crippen LogP contribution in [0.25, 0.3) is 0 Å². The maximum Gasteiger partial charge on any atom is 0.308 e. The van der Waals surface area contributed by atoms with Gasteiger partial charge in [-0.05, 0) is 50.5 Å². The number of hydrogen-bond donors (Lipinski definition) is 1. The van der Waals surface area contributed by atoms with E-state index in [4.69, 9.17) is 21.1 Å². The van der Waals surface area contributed by atoms with Crippen LogP contribution in [0.2, 0.25) is 5.02 Å². The summed E-state index contributed by atoms with van der Waals surface area (Å²) in [5.41, 5.74) is 1.71. The number of halogens is 1. The lowest BCUT2D eigenvalue weighted by atomic mass is 10.1. The fourth-order valence-corrected chi connectivity index (χ4v) is 3.06. The van der Waals surface area contributed by atoms with E-state index in [9.17, 15) is 14.4 Å². The van der Waals surface area contributed by atoms with Gasteiger partial charge in [0.2, 0.25) is 5.91 Å². The van der Waals surface area contributed by atoms with Crippen LogP contribution in [0.3, 0.4) is 0 Å². The van der Waals surface area contributed by atoms with E-state index in [1.165, 1.54) is 4.90 Å². The van der Waals surface area contributed by atoms with E-state index in [1.54, 1.807) is 19.1 Å². The highest BCUT2D eigenvalue weighted by Gasteiger charge is 2.35. The maximum absolute atomic E-state index is 12.7. The molecule has 0 aromatic heterocycles.